The lowest BCUT2D eigenvalue weighted by Gasteiger charge is -2.36. The molecule has 0 N–H and O–H groups in total. The molecule has 29 heavy (non-hydrogen) atoms. The second-order valence-corrected chi connectivity index (χ2v) is 14.9. The normalized spacial score (nSPS) is 12.9. The Morgan fingerprint density at radius 1 is 0.966 bits per heavy atom. The Bertz CT molecular complexity index is 731. The van der Waals surface area contributed by atoms with E-state index in [1.54, 1.807) is 11.3 Å². The lowest BCUT2D eigenvalue weighted by molar-refractivity contribution is -0.0877. The van der Waals surface area contributed by atoms with Crippen molar-refractivity contribution in [2.24, 2.45) is 0 Å². The molecule has 0 bridgehead atoms. The minimum Gasteiger partial charge on any atom is -0.491 e. The van der Waals surface area contributed by atoms with Crippen LogP contribution in [0.15, 0.2) is 41.1 Å². The molecule has 5 heteroatoms. The lowest BCUT2D eigenvalue weighted by atomic mass is 9.98. The summed E-state index contributed by atoms with van der Waals surface area (Å²) in [7, 11) is -1.76. The molecule has 0 fully saturated rings. The molecule has 2 rings (SSSR count). The molecular weight excluding hydrogens is 396 g/mol. The van der Waals surface area contributed by atoms with Gasteiger partial charge in [-0.2, -0.15) is 11.3 Å². The van der Waals surface area contributed by atoms with Crippen molar-refractivity contribution in [3.8, 4) is 5.75 Å². The summed E-state index contributed by atoms with van der Waals surface area (Å²) >= 11 is 1.70. The summed E-state index contributed by atoms with van der Waals surface area (Å²) in [4.78, 5) is 0. The van der Waals surface area contributed by atoms with Crippen LogP contribution in [0, 0.1) is 0 Å². The van der Waals surface area contributed by atoms with Crippen molar-refractivity contribution in [2.45, 2.75) is 84.4 Å². The Morgan fingerprint density at radius 3 is 2.28 bits per heavy atom. The summed E-state index contributed by atoms with van der Waals surface area (Å²) < 4.78 is 18.9. The fraction of sp³-hybridized carbons (Fsp3) is 0.583. The molecule has 0 amide bonds. The van der Waals surface area contributed by atoms with Gasteiger partial charge in [-0.3, -0.25) is 0 Å². The summed E-state index contributed by atoms with van der Waals surface area (Å²) in [6.45, 7) is 17.5. The number of hydrogen-bond donors (Lipinski definition) is 0. The maximum absolute atomic E-state index is 6.36. The van der Waals surface area contributed by atoms with Gasteiger partial charge in [0.1, 0.15) is 18.0 Å². The molecule has 0 spiro atoms. The molecule has 0 aliphatic heterocycles. The highest BCUT2D eigenvalue weighted by molar-refractivity contribution is 7.07. The third-order valence-corrected chi connectivity index (χ3v) is 11.4. The fourth-order valence-corrected chi connectivity index (χ4v) is 4.35. The number of thiophene rings is 1. The van der Waals surface area contributed by atoms with Crippen LogP contribution in [-0.2, 0) is 22.4 Å². The number of ether oxygens (including phenoxy) is 2. The first kappa shape index (κ1) is 24.1. The van der Waals surface area contributed by atoms with Crippen molar-refractivity contribution in [3.63, 3.8) is 0 Å². The fourth-order valence-electron chi connectivity index (χ4n) is 2.73. The quantitative estimate of drug-likeness (QED) is 0.344. The van der Waals surface area contributed by atoms with E-state index in [1.807, 2.05) is 12.1 Å². The highest BCUT2D eigenvalue weighted by Gasteiger charge is 2.37. The van der Waals surface area contributed by atoms with E-state index in [9.17, 15) is 0 Å². The van der Waals surface area contributed by atoms with E-state index in [0.717, 1.165) is 24.2 Å². The van der Waals surface area contributed by atoms with Crippen LogP contribution in [0.5, 0.6) is 5.75 Å². The van der Waals surface area contributed by atoms with Gasteiger partial charge in [0, 0.05) is 0 Å². The van der Waals surface area contributed by atoms with E-state index in [2.05, 4.69) is 76.7 Å². The maximum atomic E-state index is 6.36. The lowest BCUT2D eigenvalue weighted by Crippen LogP contribution is -2.40. The highest BCUT2D eigenvalue weighted by Crippen LogP contribution is 2.37. The largest absolute Gasteiger partial charge is 0.491 e. The second-order valence-electron chi connectivity index (χ2n) is 9.30. The Morgan fingerprint density at radius 2 is 1.69 bits per heavy atom. The van der Waals surface area contributed by atoms with E-state index in [0.29, 0.717) is 19.8 Å². The number of rotatable bonds is 11. The van der Waals surface area contributed by atoms with Crippen molar-refractivity contribution in [2.75, 3.05) is 6.61 Å². The average Bonchev–Trinajstić information content (AvgIpc) is 3.20. The predicted molar refractivity (Wildman–Crippen MR) is 126 cm³/mol. The minimum absolute atomic E-state index is 0.211. The van der Waals surface area contributed by atoms with Crippen molar-refractivity contribution < 1.29 is 13.9 Å². The van der Waals surface area contributed by atoms with Crippen LogP contribution in [0.1, 0.15) is 58.6 Å². The highest BCUT2D eigenvalue weighted by atomic mass is 32.1. The third-order valence-electron chi connectivity index (χ3n) is 6.22. The summed E-state index contributed by atoms with van der Waals surface area (Å²) in [6, 6.07) is 10.4. The van der Waals surface area contributed by atoms with E-state index >= 15 is 0 Å². The minimum atomic E-state index is -1.76. The van der Waals surface area contributed by atoms with E-state index in [-0.39, 0.29) is 10.6 Å². The molecule has 0 unspecified atom stereocenters. The molecule has 0 saturated heterocycles. The summed E-state index contributed by atoms with van der Waals surface area (Å²) in [5.41, 5.74) is 2.12. The van der Waals surface area contributed by atoms with Gasteiger partial charge in [0.25, 0.3) is 0 Å². The van der Waals surface area contributed by atoms with Crippen LogP contribution in [0.3, 0.4) is 0 Å². The molecule has 1 heterocycles. The molecule has 0 aliphatic rings. The zero-order valence-corrected chi connectivity index (χ0v) is 21.0. The summed E-state index contributed by atoms with van der Waals surface area (Å²) in [5.74, 6) is 0.881. The first-order valence-electron chi connectivity index (χ1n) is 10.6. The van der Waals surface area contributed by atoms with Gasteiger partial charge in [-0.25, -0.2) is 0 Å². The van der Waals surface area contributed by atoms with Crippen LogP contribution in [0.2, 0.25) is 18.1 Å². The first-order valence-corrected chi connectivity index (χ1v) is 14.5. The van der Waals surface area contributed by atoms with Gasteiger partial charge in [0.2, 0.25) is 0 Å². The van der Waals surface area contributed by atoms with Gasteiger partial charge in [0.05, 0.1) is 13.2 Å². The summed E-state index contributed by atoms with van der Waals surface area (Å²) in [6.07, 6.45) is 1.84. The van der Waals surface area contributed by atoms with Crippen molar-refractivity contribution in [1.29, 1.82) is 0 Å². The van der Waals surface area contributed by atoms with Gasteiger partial charge in [-0.05, 0) is 71.1 Å². The Hall–Kier alpha value is -1.14. The first-order chi connectivity index (χ1) is 13.6. The topological polar surface area (TPSA) is 27.7 Å². The average molecular weight is 435 g/mol. The molecule has 0 saturated carbocycles. The van der Waals surface area contributed by atoms with Gasteiger partial charge in [-0.15, -0.1) is 0 Å². The maximum Gasteiger partial charge on any atom is 0.192 e. The second kappa shape index (κ2) is 10.2. The molecule has 0 aliphatic carbocycles. The van der Waals surface area contributed by atoms with Gasteiger partial charge < -0.3 is 13.9 Å². The van der Waals surface area contributed by atoms with Gasteiger partial charge >= 0.3 is 0 Å². The Labute approximate surface area is 182 Å². The van der Waals surface area contributed by atoms with Gasteiger partial charge in [-0.1, -0.05) is 46.8 Å². The molecule has 1 aromatic heterocycles. The molecule has 2 aromatic rings. The molecule has 3 nitrogen and oxygen atoms in total. The summed E-state index contributed by atoms with van der Waals surface area (Å²) in [5, 5.41) is 4.44. The zero-order valence-electron chi connectivity index (χ0n) is 19.2. The van der Waals surface area contributed by atoms with Crippen molar-refractivity contribution in [3.05, 3.63) is 52.2 Å². The molecule has 162 valence electrons. The van der Waals surface area contributed by atoms with E-state index < -0.39 is 8.32 Å². The third kappa shape index (κ3) is 6.95. The molecule has 1 aromatic carbocycles. The molecular formula is C24H38O3SSi. The van der Waals surface area contributed by atoms with Crippen LogP contribution < -0.4 is 4.74 Å². The zero-order chi connectivity index (χ0) is 21.5. The Kier molecular flexibility index (Phi) is 8.53. The van der Waals surface area contributed by atoms with Crippen LogP contribution >= 0.6 is 11.3 Å². The molecule has 0 radical (unpaired) electrons. The monoisotopic (exact) mass is 434 g/mol. The smallest absolute Gasteiger partial charge is 0.192 e. The molecule has 0 atom stereocenters. The van der Waals surface area contributed by atoms with Crippen LogP contribution in [0.25, 0.3) is 0 Å². The van der Waals surface area contributed by atoms with E-state index in [1.165, 1.54) is 5.56 Å². The predicted octanol–water partition coefficient (Wildman–Crippen LogP) is 7.42. The van der Waals surface area contributed by atoms with Gasteiger partial charge in [0.15, 0.2) is 8.32 Å². The Balaban J connectivity index is 1.97. The van der Waals surface area contributed by atoms with Crippen LogP contribution in [0.4, 0.5) is 0 Å². The number of hydrogen-bond acceptors (Lipinski definition) is 4. The van der Waals surface area contributed by atoms with Crippen LogP contribution in [-0.4, -0.2) is 20.5 Å². The SMILES string of the molecule is CCC(CC)(COc1cccc(CO[Si](C)(C)C(C)(C)C)c1)OCc1ccsc1. The standard InChI is InChI=1S/C24H38O3SSi/c1-8-24(9-2,26-16-21-13-14-28-18-21)19-25-22-12-10-11-20(15-22)17-27-29(6,7)23(3,4)5/h10-15,18H,8-9,16-17,19H2,1-7H3. The van der Waals surface area contributed by atoms with E-state index in [4.69, 9.17) is 13.9 Å². The van der Waals surface area contributed by atoms with Crippen molar-refractivity contribution >= 4 is 19.7 Å². The number of benzene rings is 1. The van der Waals surface area contributed by atoms with Crippen molar-refractivity contribution in [1.82, 2.24) is 0 Å².